The van der Waals surface area contributed by atoms with Gasteiger partial charge in [0.15, 0.2) is 0 Å². The maximum absolute atomic E-state index is 11.4. The molecule has 0 spiro atoms. The second-order valence-electron chi connectivity index (χ2n) is 2.77. The molecule has 6 heteroatoms. The number of aliphatic imine (C=N–C) groups is 2. The summed E-state index contributed by atoms with van der Waals surface area (Å²) in [5.74, 6) is 0.493. The smallest absolute Gasteiger partial charge is 0.243 e. The van der Waals surface area contributed by atoms with E-state index in [1.54, 1.807) is 25.3 Å². The third-order valence-corrected chi connectivity index (χ3v) is 1.95. The van der Waals surface area contributed by atoms with E-state index in [0.717, 1.165) is 0 Å². The average molecular weight is 179 g/mol. The number of rotatable bonds is 0. The highest BCUT2D eigenvalue weighted by Crippen LogP contribution is 2.13. The molecule has 0 aromatic heterocycles. The van der Waals surface area contributed by atoms with Crippen LogP contribution in [0.3, 0.4) is 0 Å². The van der Waals surface area contributed by atoms with Gasteiger partial charge in [-0.25, -0.2) is 0 Å². The first-order valence-corrected chi connectivity index (χ1v) is 3.86. The fourth-order valence-electron chi connectivity index (χ4n) is 1.25. The van der Waals surface area contributed by atoms with Gasteiger partial charge in [-0.1, -0.05) is 0 Å². The topological polar surface area (TPSA) is 69.4 Å². The summed E-state index contributed by atoms with van der Waals surface area (Å²) < 4.78 is 0. The van der Waals surface area contributed by atoms with Crippen LogP contribution in [-0.2, 0) is 4.79 Å². The van der Waals surface area contributed by atoms with Gasteiger partial charge >= 0.3 is 0 Å². The predicted molar refractivity (Wildman–Crippen MR) is 48.7 cm³/mol. The van der Waals surface area contributed by atoms with Gasteiger partial charge in [0.1, 0.15) is 11.8 Å². The van der Waals surface area contributed by atoms with E-state index in [1.807, 2.05) is 0 Å². The van der Waals surface area contributed by atoms with Gasteiger partial charge < -0.3 is 0 Å². The molecule has 0 bridgehead atoms. The average Bonchev–Trinajstić information content (AvgIpc) is 2.48. The molecule has 1 amide bonds. The van der Waals surface area contributed by atoms with Gasteiger partial charge in [0.2, 0.25) is 11.9 Å². The molecule has 0 fully saturated rings. The first-order chi connectivity index (χ1) is 6.22. The van der Waals surface area contributed by atoms with Crippen LogP contribution in [0.1, 0.15) is 0 Å². The summed E-state index contributed by atoms with van der Waals surface area (Å²) in [7, 11) is 3.33. The Kier molecular flexibility index (Phi) is 1.61. The summed E-state index contributed by atoms with van der Waals surface area (Å²) in [4.78, 5) is 19.3. The Morgan fingerprint density at radius 3 is 3.15 bits per heavy atom. The fourth-order valence-corrected chi connectivity index (χ4v) is 1.25. The zero-order valence-electron chi connectivity index (χ0n) is 7.35. The quantitative estimate of drug-likeness (QED) is 0.520. The summed E-state index contributed by atoms with van der Waals surface area (Å²) in [6.07, 6.45) is 1.57. The summed E-state index contributed by atoms with van der Waals surface area (Å²) in [6.45, 7) is 0. The van der Waals surface area contributed by atoms with Gasteiger partial charge in [0, 0.05) is 20.3 Å². The van der Waals surface area contributed by atoms with Crippen molar-refractivity contribution < 1.29 is 4.79 Å². The molecule has 0 saturated carbocycles. The third-order valence-electron chi connectivity index (χ3n) is 1.95. The van der Waals surface area contributed by atoms with Crippen LogP contribution in [0.2, 0.25) is 0 Å². The molecule has 2 heterocycles. The lowest BCUT2D eigenvalue weighted by Gasteiger charge is -2.18. The number of nitrogens with zero attached hydrogens (tertiary/aromatic N) is 4. The molecule has 2 aliphatic rings. The van der Waals surface area contributed by atoms with Crippen LogP contribution in [0.5, 0.6) is 0 Å². The number of nitrogens with one attached hydrogen (secondary N) is 1. The molecular formula is C7H9N5O. The highest BCUT2D eigenvalue weighted by molar-refractivity contribution is 6.25. The Morgan fingerprint density at radius 1 is 1.69 bits per heavy atom. The van der Waals surface area contributed by atoms with Crippen LogP contribution in [0.25, 0.3) is 0 Å². The monoisotopic (exact) mass is 179 g/mol. The number of carbonyl (C=O) groups is 1. The summed E-state index contributed by atoms with van der Waals surface area (Å²) in [5, 5.41) is 8.10. The molecule has 68 valence electrons. The third kappa shape index (κ3) is 1.10. The number of guanidine groups is 1. The lowest BCUT2D eigenvalue weighted by molar-refractivity contribution is -0.120. The van der Waals surface area contributed by atoms with Gasteiger partial charge in [-0.2, -0.15) is 10.1 Å². The standard InChI is InChI=1S/C7H9N5O/c1-8-7-10-5-4(6(13)11-7)3-9-12(5)2/h3-4H,1-2H3,(H,8,11,13). The van der Waals surface area contributed by atoms with E-state index < -0.39 is 0 Å². The molecule has 0 aliphatic carbocycles. The van der Waals surface area contributed by atoms with Gasteiger partial charge in [-0.3, -0.25) is 20.1 Å². The Bertz CT molecular complexity index is 343. The fraction of sp³-hybridized carbons (Fsp3) is 0.429. The van der Waals surface area contributed by atoms with E-state index in [1.165, 1.54) is 0 Å². The highest BCUT2D eigenvalue weighted by Gasteiger charge is 2.34. The van der Waals surface area contributed by atoms with Crippen LogP contribution in [0, 0.1) is 5.92 Å². The van der Waals surface area contributed by atoms with Crippen LogP contribution in [0.15, 0.2) is 15.1 Å². The summed E-state index contributed by atoms with van der Waals surface area (Å²) in [5.41, 5.74) is 0. The Labute approximate surface area is 75.0 Å². The van der Waals surface area contributed by atoms with Gasteiger partial charge in [-0.15, -0.1) is 0 Å². The number of fused-ring (bicyclic) bond motifs is 1. The van der Waals surface area contributed by atoms with E-state index in [2.05, 4.69) is 20.4 Å². The first-order valence-electron chi connectivity index (χ1n) is 3.86. The molecule has 0 aromatic carbocycles. The van der Waals surface area contributed by atoms with Crippen molar-refractivity contribution in [1.29, 1.82) is 0 Å². The second kappa shape index (κ2) is 2.65. The molecule has 2 rings (SSSR count). The molecular weight excluding hydrogens is 170 g/mol. The van der Waals surface area contributed by atoms with E-state index >= 15 is 0 Å². The van der Waals surface area contributed by atoms with Gasteiger partial charge in [-0.05, 0) is 0 Å². The van der Waals surface area contributed by atoms with Crippen LogP contribution < -0.4 is 5.32 Å². The number of hydrogen-bond donors (Lipinski definition) is 1. The lowest BCUT2D eigenvalue weighted by Crippen LogP contribution is -2.45. The molecule has 1 atom stereocenters. The van der Waals surface area contributed by atoms with Crippen molar-refractivity contribution in [2.24, 2.45) is 21.0 Å². The molecule has 6 nitrogen and oxygen atoms in total. The maximum atomic E-state index is 11.4. The number of amidine groups is 1. The van der Waals surface area contributed by atoms with Crippen molar-refractivity contribution in [1.82, 2.24) is 10.3 Å². The minimum atomic E-state index is -0.351. The molecule has 1 N–H and O–H groups in total. The lowest BCUT2D eigenvalue weighted by atomic mass is 10.1. The number of amides is 1. The molecule has 0 saturated heterocycles. The molecule has 0 radical (unpaired) electrons. The Morgan fingerprint density at radius 2 is 2.46 bits per heavy atom. The Hall–Kier alpha value is -1.72. The minimum absolute atomic E-state index is 0.126. The second-order valence-corrected chi connectivity index (χ2v) is 2.77. The van der Waals surface area contributed by atoms with Crippen molar-refractivity contribution in [2.45, 2.75) is 0 Å². The van der Waals surface area contributed by atoms with E-state index in [4.69, 9.17) is 0 Å². The minimum Gasteiger partial charge on any atom is -0.294 e. The summed E-state index contributed by atoms with van der Waals surface area (Å²) in [6, 6.07) is 0. The molecule has 0 aromatic rings. The number of hydrazone groups is 1. The number of hydrogen-bond acceptors (Lipinski definition) is 4. The zero-order chi connectivity index (χ0) is 9.42. The molecule has 13 heavy (non-hydrogen) atoms. The van der Waals surface area contributed by atoms with Crippen molar-refractivity contribution in [3.8, 4) is 0 Å². The van der Waals surface area contributed by atoms with Crippen LogP contribution >= 0.6 is 0 Å². The first kappa shape index (κ1) is 7.90. The van der Waals surface area contributed by atoms with Crippen molar-refractivity contribution in [3.63, 3.8) is 0 Å². The normalized spacial score (nSPS) is 28.9. The molecule has 1 unspecified atom stereocenters. The Balaban J connectivity index is 2.41. The highest BCUT2D eigenvalue weighted by atomic mass is 16.2. The maximum Gasteiger partial charge on any atom is 0.243 e. The van der Waals surface area contributed by atoms with Crippen molar-refractivity contribution in [2.75, 3.05) is 14.1 Å². The van der Waals surface area contributed by atoms with E-state index in [9.17, 15) is 4.79 Å². The van der Waals surface area contributed by atoms with Crippen LogP contribution in [0.4, 0.5) is 0 Å². The van der Waals surface area contributed by atoms with Crippen molar-refractivity contribution in [3.05, 3.63) is 0 Å². The number of carbonyl (C=O) groups excluding carboxylic acids is 1. The zero-order valence-corrected chi connectivity index (χ0v) is 7.35. The van der Waals surface area contributed by atoms with E-state index in [0.29, 0.717) is 11.8 Å². The largest absolute Gasteiger partial charge is 0.294 e. The predicted octanol–water partition coefficient (Wildman–Crippen LogP) is -0.952. The van der Waals surface area contributed by atoms with Crippen LogP contribution in [-0.4, -0.2) is 43.0 Å². The van der Waals surface area contributed by atoms with Gasteiger partial charge in [0.05, 0.1) is 0 Å². The summed E-state index contributed by atoms with van der Waals surface area (Å²) >= 11 is 0. The van der Waals surface area contributed by atoms with Gasteiger partial charge in [0.25, 0.3) is 0 Å². The SMILES string of the molecule is CN=C1N=C2C(C=NN2C)C(=O)N1. The molecule has 2 aliphatic heterocycles. The van der Waals surface area contributed by atoms with Crippen molar-refractivity contribution >= 4 is 23.9 Å². The van der Waals surface area contributed by atoms with E-state index in [-0.39, 0.29) is 11.8 Å².